The van der Waals surface area contributed by atoms with E-state index in [2.05, 4.69) is 15.6 Å². The van der Waals surface area contributed by atoms with Crippen LogP contribution in [0, 0.1) is 0 Å². The number of aromatic nitrogens is 1. The van der Waals surface area contributed by atoms with Gasteiger partial charge in [0, 0.05) is 17.3 Å². The van der Waals surface area contributed by atoms with Gasteiger partial charge < -0.3 is 14.6 Å². The summed E-state index contributed by atoms with van der Waals surface area (Å²) >= 11 is 0. The lowest BCUT2D eigenvalue weighted by atomic mass is 9.80. The van der Waals surface area contributed by atoms with E-state index in [0.29, 0.717) is 5.46 Å². The van der Waals surface area contributed by atoms with E-state index in [-0.39, 0.29) is 17.6 Å². The van der Waals surface area contributed by atoms with Gasteiger partial charge in [0.05, 0.1) is 17.3 Å². The first-order chi connectivity index (χ1) is 13.0. The molecule has 2 aromatic rings. The summed E-state index contributed by atoms with van der Waals surface area (Å²) in [6.07, 6.45) is -3.06. The van der Waals surface area contributed by atoms with Crippen molar-refractivity contribution >= 4 is 30.1 Å². The fourth-order valence-corrected chi connectivity index (χ4v) is 2.57. The largest absolute Gasteiger partial charge is 0.496 e. The molecule has 1 unspecified atom stereocenters. The molecule has 0 bridgehead atoms. The number of hydrogen-bond donors (Lipinski definition) is 2. The smallest absolute Gasteiger partial charge is 0.402 e. The molecule has 1 aliphatic heterocycles. The number of anilines is 2. The number of nitrogens with zero attached hydrogens (tertiary/aromatic N) is 1. The summed E-state index contributed by atoms with van der Waals surface area (Å²) in [5.74, 6) is 0.235. The highest BCUT2D eigenvalue weighted by Gasteiger charge is 2.43. The van der Waals surface area contributed by atoms with Gasteiger partial charge in [-0.1, -0.05) is 12.1 Å². The Morgan fingerprint density at radius 1 is 1.21 bits per heavy atom. The maximum Gasteiger partial charge on any atom is 0.496 e. The number of halogens is 3. The van der Waals surface area contributed by atoms with E-state index in [4.69, 9.17) is 9.31 Å². The van der Waals surface area contributed by atoms with Crippen molar-refractivity contribution in [3.8, 4) is 0 Å². The SMILES string of the molecule is CC1OB(c2ccc(NC(=O)Nc3cccc(C(F)(F)F)c3)nc2)OC1(C)C. The van der Waals surface area contributed by atoms with Gasteiger partial charge in [-0.2, -0.15) is 13.2 Å². The van der Waals surface area contributed by atoms with Crippen molar-refractivity contribution in [3.05, 3.63) is 48.2 Å². The van der Waals surface area contributed by atoms with Crippen LogP contribution in [0.3, 0.4) is 0 Å². The summed E-state index contributed by atoms with van der Waals surface area (Å²) in [6, 6.07) is 6.92. The van der Waals surface area contributed by atoms with Crippen LogP contribution in [0.15, 0.2) is 42.6 Å². The Hall–Kier alpha value is -2.59. The average Bonchev–Trinajstić information content (AvgIpc) is 2.88. The van der Waals surface area contributed by atoms with Crippen LogP contribution >= 0.6 is 0 Å². The number of alkyl halides is 3. The molecule has 6 nitrogen and oxygen atoms in total. The molecule has 1 saturated heterocycles. The van der Waals surface area contributed by atoms with E-state index in [1.807, 2.05) is 20.8 Å². The highest BCUT2D eigenvalue weighted by Crippen LogP contribution is 2.30. The zero-order valence-electron chi connectivity index (χ0n) is 15.5. The van der Waals surface area contributed by atoms with Gasteiger partial charge in [-0.15, -0.1) is 0 Å². The van der Waals surface area contributed by atoms with Gasteiger partial charge in [0.2, 0.25) is 0 Å². The van der Waals surface area contributed by atoms with Crippen molar-refractivity contribution in [1.82, 2.24) is 4.98 Å². The molecule has 2 N–H and O–H groups in total. The minimum absolute atomic E-state index is 0.0212. The van der Waals surface area contributed by atoms with Crippen LogP contribution in [0.2, 0.25) is 0 Å². The number of rotatable bonds is 3. The maximum absolute atomic E-state index is 12.7. The number of carbonyl (C=O) groups is 1. The van der Waals surface area contributed by atoms with Crippen molar-refractivity contribution in [2.75, 3.05) is 10.6 Å². The first kappa shape index (κ1) is 20.2. The number of nitrogens with one attached hydrogen (secondary N) is 2. The number of amides is 2. The highest BCUT2D eigenvalue weighted by molar-refractivity contribution is 6.61. The van der Waals surface area contributed by atoms with Crippen LogP contribution in [-0.4, -0.2) is 29.8 Å². The summed E-state index contributed by atoms with van der Waals surface area (Å²) in [5, 5.41) is 4.82. The molecular weight excluding hydrogens is 374 g/mol. The molecule has 148 valence electrons. The lowest BCUT2D eigenvalue weighted by Gasteiger charge is -2.21. The number of urea groups is 1. The monoisotopic (exact) mass is 393 g/mol. The van der Waals surface area contributed by atoms with Crippen molar-refractivity contribution in [1.29, 1.82) is 0 Å². The summed E-state index contributed by atoms with van der Waals surface area (Å²) in [4.78, 5) is 16.1. The Bertz CT molecular complexity index is 859. The number of hydrogen-bond acceptors (Lipinski definition) is 4. The first-order valence-electron chi connectivity index (χ1n) is 8.59. The van der Waals surface area contributed by atoms with Crippen molar-refractivity contribution in [2.45, 2.75) is 38.7 Å². The van der Waals surface area contributed by atoms with Crippen LogP contribution < -0.4 is 16.1 Å². The third-order valence-electron chi connectivity index (χ3n) is 4.47. The second kappa shape index (κ2) is 7.44. The lowest BCUT2D eigenvalue weighted by Crippen LogP contribution is -2.35. The Labute approximate surface area is 160 Å². The molecule has 2 amide bonds. The van der Waals surface area contributed by atoms with Gasteiger partial charge in [-0.05, 0) is 45.0 Å². The predicted molar refractivity (Wildman–Crippen MR) is 99.4 cm³/mol. The standard InChI is InChI=1S/C18H19BF3N3O3/c1-11-17(2,3)28-19(27-11)13-7-8-15(23-10-13)25-16(26)24-14-6-4-5-12(9-14)18(20,21)22/h4-11H,1-3H3,(H2,23,24,25,26). The van der Waals surface area contributed by atoms with Gasteiger partial charge in [-0.3, -0.25) is 5.32 Å². The Morgan fingerprint density at radius 3 is 2.54 bits per heavy atom. The van der Waals surface area contributed by atoms with E-state index in [0.717, 1.165) is 12.1 Å². The quantitative estimate of drug-likeness (QED) is 0.781. The average molecular weight is 393 g/mol. The van der Waals surface area contributed by atoms with Gasteiger partial charge in [-0.25, -0.2) is 9.78 Å². The van der Waals surface area contributed by atoms with Crippen LogP contribution in [0.25, 0.3) is 0 Å². The Kier molecular flexibility index (Phi) is 5.36. The molecule has 1 fully saturated rings. The van der Waals surface area contributed by atoms with Crippen LogP contribution in [-0.2, 0) is 15.5 Å². The molecule has 0 aliphatic carbocycles. The Morgan fingerprint density at radius 2 is 1.96 bits per heavy atom. The molecule has 10 heteroatoms. The molecule has 1 aromatic carbocycles. The molecule has 3 rings (SSSR count). The van der Waals surface area contributed by atoms with Crippen LogP contribution in [0.4, 0.5) is 29.5 Å². The third kappa shape index (κ3) is 4.63. The van der Waals surface area contributed by atoms with E-state index < -0.39 is 30.5 Å². The minimum atomic E-state index is -4.48. The molecule has 0 saturated carbocycles. The molecule has 1 aromatic heterocycles. The van der Waals surface area contributed by atoms with Crippen molar-refractivity contribution < 1.29 is 27.3 Å². The van der Waals surface area contributed by atoms with Gasteiger partial charge >= 0.3 is 19.3 Å². The Balaban J connectivity index is 1.61. The normalized spacial score (nSPS) is 18.8. The molecule has 28 heavy (non-hydrogen) atoms. The second-order valence-electron chi connectivity index (χ2n) is 6.97. The molecule has 2 heterocycles. The fraction of sp³-hybridized carbons (Fsp3) is 0.333. The summed E-state index contributed by atoms with van der Waals surface area (Å²) < 4.78 is 49.8. The fourth-order valence-electron chi connectivity index (χ4n) is 2.57. The zero-order chi connectivity index (χ0) is 20.5. The minimum Gasteiger partial charge on any atom is -0.402 e. The van der Waals surface area contributed by atoms with E-state index in [1.54, 1.807) is 12.1 Å². The molecule has 1 aliphatic rings. The zero-order valence-corrected chi connectivity index (χ0v) is 15.5. The second-order valence-corrected chi connectivity index (χ2v) is 6.97. The van der Waals surface area contributed by atoms with Crippen LogP contribution in [0.5, 0.6) is 0 Å². The van der Waals surface area contributed by atoms with Gasteiger partial charge in [0.1, 0.15) is 5.82 Å². The summed E-state index contributed by atoms with van der Waals surface area (Å²) in [5.41, 5.74) is -0.553. The molecule has 0 radical (unpaired) electrons. The lowest BCUT2D eigenvalue weighted by molar-refractivity contribution is -0.137. The number of pyridine rings is 1. The first-order valence-corrected chi connectivity index (χ1v) is 8.59. The summed E-state index contributed by atoms with van der Waals surface area (Å²) in [7, 11) is -0.550. The van der Waals surface area contributed by atoms with E-state index >= 15 is 0 Å². The summed E-state index contributed by atoms with van der Waals surface area (Å²) in [6.45, 7) is 5.78. The van der Waals surface area contributed by atoms with Crippen molar-refractivity contribution in [3.63, 3.8) is 0 Å². The molecule has 1 atom stereocenters. The van der Waals surface area contributed by atoms with E-state index in [9.17, 15) is 18.0 Å². The number of benzene rings is 1. The van der Waals surface area contributed by atoms with Crippen LogP contribution in [0.1, 0.15) is 26.3 Å². The predicted octanol–water partition coefficient (Wildman–Crippen LogP) is 3.65. The topological polar surface area (TPSA) is 72.5 Å². The van der Waals surface area contributed by atoms with Gasteiger partial charge in [0.15, 0.2) is 0 Å². The van der Waals surface area contributed by atoms with Gasteiger partial charge in [0.25, 0.3) is 0 Å². The molecule has 0 spiro atoms. The number of carbonyl (C=O) groups excluding carboxylic acids is 1. The third-order valence-corrected chi connectivity index (χ3v) is 4.47. The van der Waals surface area contributed by atoms with E-state index in [1.165, 1.54) is 18.3 Å². The van der Waals surface area contributed by atoms with Crippen molar-refractivity contribution in [2.24, 2.45) is 0 Å². The maximum atomic E-state index is 12.7. The highest BCUT2D eigenvalue weighted by atomic mass is 19.4. The molecular formula is C18H19BF3N3O3.